The second-order valence-electron chi connectivity index (χ2n) is 10.2. The van der Waals surface area contributed by atoms with Crippen LogP contribution in [0.2, 0.25) is 0 Å². The quantitative estimate of drug-likeness (QED) is 0.145. The van der Waals surface area contributed by atoms with Crippen LogP contribution in [0, 0.1) is 0 Å². The smallest absolute Gasteiger partial charge is 0.254 e. The van der Waals surface area contributed by atoms with Gasteiger partial charge in [0.25, 0.3) is 5.91 Å². The Morgan fingerprint density at radius 2 is 1.88 bits per heavy atom. The van der Waals surface area contributed by atoms with E-state index in [9.17, 15) is 24.9 Å². The van der Waals surface area contributed by atoms with Gasteiger partial charge in [0.2, 0.25) is 5.91 Å². The van der Waals surface area contributed by atoms with Crippen molar-refractivity contribution in [2.24, 2.45) is 0 Å². The summed E-state index contributed by atoms with van der Waals surface area (Å²) < 4.78 is 7.22. The molecule has 0 saturated carbocycles. The number of unbranched alkanes of at least 4 members (excludes halogenated alkanes) is 4. The number of H-pyrrole nitrogens is 1. The molecule has 4 unspecified atom stereocenters. The number of imidazole rings is 1. The third-order valence-electron chi connectivity index (χ3n) is 7.41. The number of aliphatic hydroxyl groups excluding tert-OH is 2. The Hall–Kier alpha value is -4.27. The first-order valence-electron chi connectivity index (χ1n) is 13.5. The fourth-order valence-electron chi connectivity index (χ4n) is 5.11. The molecule has 3 aromatic heterocycles. The van der Waals surface area contributed by atoms with Crippen LogP contribution in [0.1, 0.15) is 44.8 Å². The highest BCUT2D eigenvalue weighted by molar-refractivity contribution is 6.03. The Morgan fingerprint density at radius 1 is 1.10 bits per heavy atom. The van der Waals surface area contributed by atoms with Crippen molar-refractivity contribution < 1.29 is 29.6 Å². The third kappa shape index (κ3) is 5.80. The Bertz CT molecular complexity index is 1540. The number of hydrogen-bond acceptors (Lipinski definition) is 10. The van der Waals surface area contributed by atoms with E-state index < -0.39 is 30.4 Å². The average molecular weight is 567 g/mol. The second kappa shape index (κ2) is 12.1. The maximum absolute atomic E-state index is 13.0. The number of rotatable bonds is 11. The van der Waals surface area contributed by atoms with Crippen molar-refractivity contribution in [2.45, 2.75) is 63.1 Å². The summed E-state index contributed by atoms with van der Waals surface area (Å²) in [6.07, 6.45) is 3.70. The van der Waals surface area contributed by atoms with Gasteiger partial charge in [-0.3, -0.25) is 14.2 Å². The molecule has 1 aromatic carbocycles. The number of ether oxygens (including phenoxy) is 1. The number of aromatic amines is 1. The van der Waals surface area contributed by atoms with Gasteiger partial charge in [-0.2, -0.15) is 0 Å². The molecule has 218 valence electrons. The number of aromatic nitrogens is 5. The number of likely N-dealkylation sites (N-methyl/N-ethyl adjacent to an activating group) is 1. The molecular formula is C27H34N8O6. The number of nitrogens with two attached hydrogens (primary N) is 1. The lowest BCUT2D eigenvalue weighted by Gasteiger charge is -2.22. The predicted octanol–water partition coefficient (Wildman–Crippen LogP) is 1.65. The van der Waals surface area contributed by atoms with Crippen molar-refractivity contribution in [1.29, 1.82) is 0 Å². The largest absolute Gasteiger partial charge is 0.494 e. The molecule has 0 radical (unpaired) electrons. The van der Waals surface area contributed by atoms with Gasteiger partial charge in [-0.25, -0.2) is 15.0 Å². The first-order chi connectivity index (χ1) is 19.8. The van der Waals surface area contributed by atoms with Gasteiger partial charge in [0.05, 0.1) is 12.0 Å². The van der Waals surface area contributed by atoms with Crippen LogP contribution in [0.5, 0.6) is 5.88 Å². The van der Waals surface area contributed by atoms with Crippen molar-refractivity contribution in [1.82, 2.24) is 29.4 Å². The summed E-state index contributed by atoms with van der Waals surface area (Å²) in [7, 11) is 1.63. The van der Waals surface area contributed by atoms with Crippen molar-refractivity contribution in [3.05, 3.63) is 37.1 Å². The molecule has 4 aromatic rings. The number of fused-ring (bicyclic) bond motifs is 2. The van der Waals surface area contributed by atoms with Gasteiger partial charge < -0.3 is 41.0 Å². The van der Waals surface area contributed by atoms with Gasteiger partial charge in [0.15, 0.2) is 29.7 Å². The lowest BCUT2D eigenvalue weighted by atomic mass is 10.1. The third-order valence-corrected chi connectivity index (χ3v) is 7.41. The number of amides is 2. The maximum Gasteiger partial charge on any atom is 0.254 e. The first kappa shape index (κ1) is 28.3. The predicted molar refractivity (Wildman–Crippen MR) is 150 cm³/mol. The number of anilines is 2. The van der Waals surface area contributed by atoms with Crippen LogP contribution >= 0.6 is 0 Å². The van der Waals surface area contributed by atoms with E-state index >= 15 is 0 Å². The molecule has 14 heteroatoms. The van der Waals surface area contributed by atoms with E-state index in [2.05, 4.69) is 25.3 Å². The monoisotopic (exact) mass is 566 g/mol. The molecule has 1 saturated heterocycles. The number of aromatic hydroxyl groups is 1. The zero-order chi connectivity index (χ0) is 29.1. The molecule has 0 aliphatic carbocycles. The average Bonchev–Trinajstić information content (AvgIpc) is 3.64. The molecule has 7 N–H and O–H groups in total. The van der Waals surface area contributed by atoms with E-state index in [1.807, 2.05) is 0 Å². The van der Waals surface area contributed by atoms with E-state index in [4.69, 9.17) is 10.5 Å². The molecule has 1 aliphatic heterocycles. The highest BCUT2D eigenvalue weighted by atomic mass is 16.6. The normalized spacial score (nSPS) is 20.6. The number of benzene rings is 1. The summed E-state index contributed by atoms with van der Waals surface area (Å²) in [5.74, 6) is -0.273. The lowest BCUT2D eigenvalue weighted by molar-refractivity contribution is -0.147. The number of carbonyl (C=O) groups is 2. The van der Waals surface area contributed by atoms with Crippen LogP contribution in [0.4, 0.5) is 11.5 Å². The van der Waals surface area contributed by atoms with Crippen LogP contribution in [0.15, 0.2) is 37.1 Å². The molecule has 0 spiro atoms. The van der Waals surface area contributed by atoms with E-state index in [-0.39, 0.29) is 17.6 Å². The van der Waals surface area contributed by atoms with Gasteiger partial charge in [-0.1, -0.05) is 25.3 Å². The van der Waals surface area contributed by atoms with E-state index in [1.165, 1.54) is 22.1 Å². The molecule has 14 nitrogen and oxygen atoms in total. The van der Waals surface area contributed by atoms with Crippen LogP contribution in [-0.2, 0) is 14.3 Å². The Kier molecular flexibility index (Phi) is 8.33. The standard InChI is InChI=1S/C27H34N8O6/c1-34(11-6-4-2-3-5-10-18(36)33-17-9-7-8-15-16(17)12-29-25(15)39)26(40)22-20(37)21(38)27(41-22)35-14-32-19-23(28)30-13-31-24(19)35/h7-9,12-14,20-22,27,29,37-39H,2-6,10-11H2,1H3,(H,33,36)(H2,28,30,31). The molecule has 0 bridgehead atoms. The fourth-order valence-corrected chi connectivity index (χ4v) is 5.11. The summed E-state index contributed by atoms with van der Waals surface area (Å²) in [5.41, 5.74) is 7.14. The van der Waals surface area contributed by atoms with Crippen LogP contribution in [0.25, 0.3) is 21.9 Å². The van der Waals surface area contributed by atoms with Crippen molar-refractivity contribution in [3.63, 3.8) is 0 Å². The number of nitrogen functional groups attached to an aromatic ring is 1. The highest BCUT2D eigenvalue weighted by Crippen LogP contribution is 2.33. The SMILES string of the molecule is CN(CCCCCCCC(=O)Nc1cccc2c(O)[nH]cc12)C(=O)C1OC(n2cnc3c(N)ncnc32)C(O)C1O. The van der Waals surface area contributed by atoms with Gasteiger partial charge in [0, 0.05) is 37.0 Å². The number of aliphatic hydroxyl groups is 2. The Morgan fingerprint density at radius 3 is 2.71 bits per heavy atom. The minimum atomic E-state index is -1.42. The molecule has 1 aliphatic rings. The molecule has 4 atom stereocenters. The molecular weight excluding hydrogens is 532 g/mol. The second-order valence-corrected chi connectivity index (χ2v) is 10.2. The lowest BCUT2D eigenvalue weighted by Crippen LogP contribution is -2.43. The molecule has 2 amide bonds. The zero-order valence-electron chi connectivity index (χ0n) is 22.6. The summed E-state index contributed by atoms with van der Waals surface area (Å²) in [6.45, 7) is 0.456. The minimum Gasteiger partial charge on any atom is -0.494 e. The van der Waals surface area contributed by atoms with Crippen molar-refractivity contribution >= 4 is 45.3 Å². The van der Waals surface area contributed by atoms with Crippen molar-refractivity contribution in [2.75, 3.05) is 24.6 Å². The van der Waals surface area contributed by atoms with Gasteiger partial charge in [-0.15, -0.1) is 0 Å². The molecule has 5 rings (SSSR count). The number of hydrogen-bond donors (Lipinski definition) is 6. The highest BCUT2D eigenvalue weighted by Gasteiger charge is 2.48. The van der Waals surface area contributed by atoms with Gasteiger partial charge >= 0.3 is 0 Å². The maximum atomic E-state index is 13.0. The van der Waals surface area contributed by atoms with Crippen LogP contribution in [-0.4, -0.2) is 88.4 Å². The fraction of sp³-hybridized carbons (Fsp3) is 0.444. The van der Waals surface area contributed by atoms with E-state index in [1.54, 1.807) is 31.4 Å². The summed E-state index contributed by atoms with van der Waals surface area (Å²) >= 11 is 0. The zero-order valence-corrected chi connectivity index (χ0v) is 22.6. The molecule has 1 fully saturated rings. The van der Waals surface area contributed by atoms with Crippen LogP contribution in [0.3, 0.4) is 0 Å². The Balaban J connectivity index is 1.02. The topological polar surface area (TPSA) is 205 Å². The van der Waals surface area contributed by atoms with Gasteiger partial charge in [0.1, 0.15) is 24.1 Å². The number of nitrogens with zero attached hydrogens (tertiary/aromatic N) is 5. The molecule has 4 heterocycles. The van der Waals surface area contributed by atoms with E-state index in [0.29, 0.717) is 35.2 Å². The Labute approximate surface area is 235 Å². The summed E-state index contributed by atoms with van der Waals surface area (Å²) in [4.78, 5) is 41.8. The van der Waals surface area contributed by atoms with Crippen molar-refractivity contribution in [3.8, 4) is 5.88 Å². The van der Waals surface area contributed by atoms with Gasteiger partial charge in [-0.05, 0) is 25.0 Å². The van der Waals surface area contributed by atoms with E-state index in [0.717, 1.165) is 37.5 Å². The number of nitrogens with one attached hydrogen (secondary N) is 2. The minimum absolute atomic E-state index is 0.0712. The summed E-state index contributed by atoms with van der Waals surface area (Å²) in [6, 6.07) is 5.36. The summed E-state index contributed by atoms with van der Waals surface area (Å²) in [5, 5.41) is 35.3. The first-order valence-corrected chi connectivity index (χ1v) is 13.5. The molecule has 41 heavy (non-hydrogen) atoms. The number of carbonyl (C=O) groups excluding carboxylic acids is 2. The van der Waals surface area contributed by atoms with Crippen LogP contribution < -0.4 is 11.1 Å².